The van der Waals surface area contributed by atoms with Crippen molar-refractivity contribution >= 4 is 35.3 Å². The maximum absolute atomic E-state index is 12.9. The molecule has 0 radical (unpaired) electrons. The predicted octanol–water partition coefficient (Wildman–Crippen LogP) is 2.58. The van der Waals surface area contributed by atoms with Gasteiger partial charge in [-0.25, -0.2) is 9.69 Å². The normalized spacial score (nSPS) is 15.6. The lowest BCUT2D eigenvalue weighted by atomic mass is 10.0. The van der Waals surface area contributed by atoms with Crippen LogP contribution >= 0.6 is 0 Å². The average Bonchev–Trinajstić information content (AvgIpc) is 2.66. The number of nitrogens with zero attached hydrogens (tertiary/aromatic N) is 2. The highest BCUT2D eigenvalue weighted by Gasteiger charge is 2.37. The number of benzene rings is 2. The first-order chi connectivity index (χ1) is 13.3. The molecule has 1 fully saturated rings. The van der Waals surface area contributed by atoms with Crippen LogP contribution < -0.4 is 15.0 Å². The summed E-state index contributed by atoms with van der Waals surface area (Å²) in [6.45, 7) is 1.85. The molecule has 9 nitrogen and oxygen atoms in total. The first kappa shape index (κ1) is 18.8. The van der Waals surface area contributed by atoms with Gasteiger partial charge in [0.25, 0.3) is 11.8 Å². The van der Waals surface area contributed by atoms with Crippen LogP contribution in [0, 0.1) is 17.0 Å². The van der Waals surface area contributed by atoms with E-state index in [0.29, 0.717) is 0 Å². The molecule has 0 atom stereocenters. The lowest BCUT2D eigenvalue weighted by molar-refractivity contribution is -0.385. The Morgan fingerprint density at radius 1 is 1.11 bits per heavy atom. The van der Waals surface area contributed by atoms with Crippen LogP contribution in [0.2, 0.25) is 0 Å². The predicted molar refractivity (Wildman–Crippen MR) is 99.8 cm³/mol. The molecule has 0 aromatic heterocycles. The van der Waals surface area contributed by atoms with Crippen LogP contribution in [-0.4, -0.2) is 29.9 Å². The largest absolute Gasteiger partial charge is 0.490 e. The molecule has 1 heterocycles. The van der Waals surface area contributed by atoms with Crippen molar-refractivity contribution in [3.63, 3.8) is 0 Å². The number of nitro benzene ring substituents is 1. The van der Waals surface area contributed by atoms with E-state index in [1.807, 2.05) is 6.92 Å². The van der Waals surface area contributed by atoms with E-state index in [1.165, 1.54) is 25.3 Å². The summed E-state index contributed by atoms with van der Waals surface area (Å²) in [6, 6.07) is 9.84. The Balaban J connectivity index is 2.08. The number of hydrogen-bond donors (Lipinski definition) is 1. The summed E-state index contributed by atoms with van der Waals surface area (Å²) in [4.78, 5) is 48.7. The molecule has 0 bridgehead atoms. The molecule has 2 aromatic carbocycles. The van der Waals surface area contributed by atoms with Gasteiger partial charge in [0.1, 0.15) is 5.57 Å². The van der Waals surface area contributed by atoms with Crippen molar-refractivity contribution in [1.29, 1.82) is 0 Å². The van der Waals surface area contributed by atoms with Gasteiger partial charge in [-0.15, -0.1) is 0 Å². The molecule has 0 unspecified atom stereocenters. The van der Waals surface area contributed by atoms with E-state index in [4.69, 9.17) is 4.74 Å². The molecule has 2 aromatic rings. The second kappa shape index (κ2) is 7.31. The maximum atomic E-state index is 12.9. The molecular formula is C19H15N3O6. The molecule has 3 rings (SSSR count). The number of ether oxygens (including phenoxy) is 1. The third kappa shape index (κ3) is 3.32. The summed E-state index contributed by atoms with van der Waals surface area (Å²) in [5.74, 6) is -1.84. The third-order valence-electron chi connectivity index (χ3n) is 4.12. The molecule has 28 heavy (non-hydrogen) atoms. The van der Waals surface area contributed by atoms with Crippen LogP contribution in [0.3, 0.4) is 0 Å². The Labute approximate surface area is 159 Å². The number of urea groups is 1. The summed E-state index contributed by atoms with van der Waals surface area (Å²) >= 11 is 0. The summed E-state index contributed by atoms with van der Waals surface area (Å²) in [5.41, 5.74) is 0.721. The monoisotopic (exact) mass is 381 g/mol. The third-order valence-corrected chi connectivity index (χ3v) is 4.12. The maximum Gasteiger partial charge on any atom is 0.335 e. The van der Waals surface area contributed by atoms with Crippen molar-refractivity contribution in [1.82, 2.24) is 5.32 Å². The Kier molecular flexibility index (Phi) is 4.90. The number of hydrogen-bond acceptors (Lipinski definition) is 6. The molecule has 1 aliphatic rings. The van der Waals surface area contributed by atoms with Crippen LogP contribution in [0.1, 0.15) is 11.1 Å². The van der Waals surface area contributed by atoms with Crippen molar-refractivity contribution in [2.45, 2.75) is 6.92 Å². The van der Waals surface area contributed by atoms with E-state index in [-0.39, 0.29) is 28.3 Å². The van der Waals surface area contributed by atoms with Crippen molar-refractivity contribution < 1.29 is 24.0 Å². The van der Waals surface area contributed by atoms with Crippen LogP contribution in [0.25, 0.3) is 6.08 Å². The van der Waals surface area contributed by atoms with E-state index < -0.39 is 22.8 Å². The van der Waals surface area contributed by atoms with Gasteiger partial charge in [-0.1, -0.05) is 29.8 Å². The van der Waals surface area contributed by atoms with Gasteiger partial charge in [-0.05, 0) is 25.1 Å². The number of rotatable bonds is 4. The number of anilines is 1. The van der Waals surface area contributed by atoms with Crippen LogP contribution in [0.4, 0.5) is 16.2 Å². The second-order valence-electron chi connectivity index (χ2n) is 5.95. The molecule has 0 spiro atoms. The van der Waals surface area contributed by atoms with Crippen LogP contribution in [0.15, 0.2) is 48.0 Å². The number of carbonyl (C=O) groups is 3. The molecule has 0 aliphatic carbocycles. The highest BCUT2D eigenvalue weighted by molar-refractivity contribution is 6.39. The molecule has 1 N–H and O–H groups in total. The highest BCUT2D eigenvalue weighted by Crippen LogP contribution is 2.33. The molecule has 1 aliphatic heterocycles. The van der Waals surface area contributed by atoms with E-state index in [1.54, 1.807) is 24.3 Å². The molecule has 0 saturated carbocycles. The molecule has 9 heteroatoms. The van der Waals surface area contributed by atoms with Crippen LogP contribution in [-0.2, 0) is 9.59 Å². The van der Waals surface area contributed by atoms with Gasteiger partial charge < -0.3 is 4.74 Å². The average molecular weight is 381 g/mol. The quantitative estimate of drug-likeness (QED) is 0.376. The van der Waals surface area contributed by atoms with Crippen molar-refractivity contribution in [2.24, 2.45) is 0 Å². The van der Waals surface area contributed by atoms with E-state index in [9.17, 15) is 24.5 Å². The zero-order chi connectivity index (χ0) is 20.4. The summed E-state index contributed by atoms with van der Waals surface area (Å²) in [5, 5.41) is 13.3. The molecule has 1 saturated heterocycles. The van der Waals surface area contributed by atoms with Crippen molar-refractivity contribution in [3.05, 3.63) is 69.3 Å². The number of nitrogens with one attached hydrogen (secondary N) is 1. The first-order valence-corrected chi connectivity index (χ1v) is 8.13. The van der Waals surface area contributed by atoms with Gasteiger partial charge in [0.05, 0.1) is 17.7 Å². The van der Waals surface area contributed by atoms with Gasteiger partial charge in [0.2, 0.25) is 5.75 Å². The number of nitro groups is 1. The summed E-state index contributed by atoms with van der Waals surface area (Å²) < 4.78 is 5.09. The van der Waals surface area contributed by atoms with E-state index in [0.717, 1.165) is 16.5 Å². The fourth-order valence-corrected chi connectivity index (χ4v) is 2.76. The fraction of sp³-hybridized carbons (Fsp3) is 0.105. The zero-order valence-electron chi connectivity index (χ0n) is 15.0. The van der Waals surface area contributed by atoms with E-state index in [2.05, 4.69) is 5.32 Å². The lowest BCUT2D eigenvalue weighted by Gasteiger charge is -2.26. The summed E-state index contributed by atoms with van der Waals surface area (Å²) in [7, 11) is 1.25. The van der Waals surface area contributed by atoms with E-state index >= 15 is 0 Å². The highest BCUT2D eigenvalue weighted by atomic mass is 16.6. The number of imide groups is 2. The Hall–Kier alpha value is -4.01. The van der Waals surface area contributed by atoms with Gasteiger partial charge >= 0.3 is 11.7 Å². The zero-order valence-corrected chi connectivity index (χ0v) is 15.0. The van der Waals surface area contributed by atoms with Gasteiger partial charge in [0.15, 0.2) is 0 Å². The number of carbonyl (C=O) groups excluding carboxylic acids is 3. The van der Waals surface area contributed by atoms with Gasteiger partial charge in [0, 0.05) is 11.6 Å². The molecular weight excluding hydrogens is 366 g/mol. The number of aryl methyl sites for hydroxylation is 1. The fourth-order valence-electron chi connectivity index (χ4n) is 2.76. The standard InChI is InChI=1S/C19H15N3O6/c1-11-6-8-13(9-7-11)21-18(24)14(17(23)20-19(21)25)10-12-4-3-5-15(22(26)27)16(12)28-2/h3-10H,1-2H3,(H,20,23,25)/b14-10+. The smallest absolute Gasteiger partial charge is 0.335 e. The SMILES string of the molecule is COc1c(/C=C2\C(=O)NC(=O)N(c3ccc(C)cc3)C2=O)cccc1[N+](=O)[O-]. The van der Waals surface area contributed by atoms with Crippen molar-refractivity contribution in [3.8, 4) is 5.75 Å². The molecule has 4 amide bonds. The Morgan fingerprint density at radius 3 is 2.39 bits per heavy atom. The lowest BCUT2D eigenvalue weighted by Crippen LogP contribution is -2.54. The van der Waals surface area contributed by atoms with Gasteiger partial charge in [-0.2, -0.15) is 0 Å². The minimum Gasteiger partial charge on any atom is -0.490 e. The number of methoxy groups -OCH3 is 1. The van der Waals surface area contributed by atoms with Crippen molar-refractivity contribution in [2.75, 3.05) is 12.0 Å². The summed E-state index contributed by atoms with van der Waals surface area (Å²) in [6.07, 6.45) is 1.16. The second-order valence-corrected chi connectivity index (χ2v) is 5.95. The van der Waals surface area contributed by atoms with Crippen LogP contribution in [0.5, 0.6) is 5.75 Å². The van der Waals surface area contributed by atoms with Gasteiger partial charge in [-0.3, -0.25) is 25.0 Å². The first-order valence-electron chi connectivity index (χ1n) is 8.13. The number of amides is 4. The topological polar surface area (TPSA) is 119 Å². The minimum atomic E-state index is -0.896. The molecule has 142 valence electrons. The number of barbiturate groups is 1. The number of para-hydroxylation sites is 1. The Morgan fingerprint density at radius 2 is 1.79 bits per heavy atom. The minimum absolute atomic E-state index is 0.0978. The Bertz CT molecular complexity index is 1030.